The molecule has 154 valence electrons. The van der Waals surface area contributed by atoms with Crippen molar-refractivity contribution >= 4 is 5.96 Å². The first-order valence-electron chi connectivity index (χ1n) is 10.3. The van der Waals surface area contributed by atoms with Gasteiger partial charge in [0.05, 0.1) is 6.10 Å². The normalized spacial score (nSPS) is 16.3. The highest BCUT2D eigenvalue weighted by Crippen LogP contribution is 2.15. The predicted octanol–water partition coefficient (Wildman–Crippen LogP) is 2.52. The van der Waals surface area contributed by atoms with Crippen LogP contribution in [0.2, 0.25) is 0 Å². The third-order valence-corrected chi connectivity index (χ3v) is 4.66. The fourth-order valence-corrected chi connectivity index (χ4v) is 3.31. The molecule has 1 aromatic rings. The standard InChI is InChI=1S/C20H37N5O2/c1-5-21-20(23-15-19-22-9-12-25(19)16-17(2)3)24-10-7-18(8-11-24)27-14-6-13-26-4/h9,12,17-18H,5-8,10-11,13-16H2,1-4H3,(H,21,23). The van der Waals surface area contributed by atoms with E-state index in [0.717, 1.165) is 70.4 Å². The van der Waals surface area contributed by atoms with Crippen molar-refractivity contribution < 1.29 is 9.47 Å². The van der Waals surface area contributed by atoms with Crippen LogP contribution in [0, 0.1) is 5.92 Å². The maximum Gasteiger partial charge on any atom is 0.194 e. The maximum absolute atomic E-state index is 5.96. The van der Waals surface area contributed by atoms with Gasteiger partial charge in [0.25, 0.3) is 0 Å². The summed E-state index contributed by atoms with van der Waals surface area (Å²) in [4.78, 5) is 11.7. The van der Waals surface area contributed by atoms with Gasteiger partial charge in [0.15, 0.2) is 5.96 Å². The quantitative estimate of drug-likeness (QED) is 0.384. The van der Waals surface area contributed by atoms with Crippen molar-refractivity contribution in [2.24, 2.45) is 10.9 Å². The van der Waals surface area contributed by atoms with Crippen molar-refractivity contribution in [3.63, 3.8) is 0 Å². The number of hydrogen-bond acceptors (Lipinski definition) is 4. The van der Waals surface area contributed by atoms with Crippen molar-refractivity contribution in [3.8, 4) is 0 Å². The highest BCUT2D eigenvalue weighted by Gasteiger charge is 2.22. The first kappa shape index (κ1) is 21.7. The summed E-state index contributed by atoms with van der Waals surface area (Å²) in [5, 5.41) is 3.43. The van der Waals surface area contributed by atoms with E-state index < -0.39 is 0 Å². The first-order chi connectivity index (χ1) is 13.1. The number of hydrogen-bond donors (Lipinski definition) is 1. The highest BCUT2D eigenvalue weighted by molar-refractivity contribution is 5.80. The van der Waals surface area contributed by atoms with Crippen LogP contribution in [0.25, 0.3) is 0 Å². The van der Waals surface area contributed by atoms with Gasteiger partial charge in [-0.3, -0.25) is 0 Å². The molecule has 7 nitrogen and oxygen atoms in total. The maximum atomic E-state index is 5.96. The largest absolute Gasteiger partial charge is 0.385 e. The van der Waals surface area contributed by atoms with Gasteiger partial charge < -0.3 is 24.3 Å². The zero-order chi connectivity index (χ0) is 19.5. The molecule has 0 amide bonds. The summed E-state index contributed by atoms with van der Waals surface area (Å²) in [6.07, 6.45) is 7.31. The van der Waals surface area contributed by atoms with Gasteiger partial charge in [-0.1, -0.05) is 13.8 Å². The van der Waals surface area contributed by atoms with Crippen molar-refractivity contribution in [2.75, 3.05) is 40.0 Å². The van der Waals surface area contributed by atoms with Gasteiger partial charge in [-0.2, -0.15) is 0 Å². The van der Waals surface area contributed by atoms with Gasteiger partial charge in [-0.05, 0) is 32.1 Å². The lowest BCUT2D eigenvalue weighted by Gasteiger charge is -2.34. The zero-order valence-corrected chi connectivity index (χ0v) is 17.5. The Bertz CT molecular complexity index is 550. The monoisotopic (exact) mass is 379 g/mol. The average molecular weight is 380 g/mol. The second-order valence-electron chi connectivity index (χ2n) is 7.46. The van der Waals surface area contributed by atoms with Gasteiger partial charge in [-0.25, -0.2) is 9.98 Å². The number of aliphatic imine (C=N–C) groups is 1. The highest BCUT2D eigenvalue weighted by atomic mass is 16.5. The minimum atomic E-state index is 0.353. The van der Waals surface area contributed by atoms with Gasteiger partial charge in [0.1, 0.15) is 12.4 Å². The fourth-order valence-electron chi connectivity index (χ4n) is 3.31. The molecule has 0 spiro atoms. The summed E-state index contributed by atoms with van der Waals surface area (Å²) in [6, 6.07) is 0. The van der Waals surface area contributed by atoms with Crippen LogP contribution in [0.5, 0.6) is 0 Å². The molecule has 1 aliphatic heterocycles. The Morgan fingerprint density at radius 2 is 2.11 bits per heavy atom. The van der Waals surface area contributed by atoms with Crippen molar-refractivity contribution in [1.29, 1.82) is 0 Å². The molecule has 0 unspecified atom stereocenters. The average Bonchev–Trinajstić information content (AvgIpc) is 3.09. The van der Waals surface area contributed by atoms with E-state index in [0.29, 0.717) is 18.6 Å². The number of rotatable bonds is 10. The number of nitrogens with zero attached hydrogens (tertiary/aromatic N) is 4. The third kappa shape index (κ3) is 7.50. The van der Waals surface area contributed by atoms with Crippen molar-refractivity contribution in [2.45, 2.75) is 59.2 Å². The van der Waals surface area contributed by atoms with Gasteiger partial charge in [0, 0.05) is 58.9 Å². The summed E-state index contributed by atoms with van der Waals surface area (Å²) in [5.41, 5.74) is 0. The molecule has 2 rings (SSSR count). The van der Waals surface area contributed by atoms with E-state index in [1.165, 1.54) is 0 Å². The van der Waals surface area contributed by atoms with Crippen LogP contribution in [0.15, 0.2) is 17.4 Å². The van der Waals surface area contributed by atoms with Gasteiger partial charge >= 0.3 is 0 Å². The number of likely N-dealkylation sites (tertiary alicyclic amines) is 1. The van der Waals surface area contributed by atoms with E-state index in [-0.39, 0.29) is 0 Å². The molecule has 7 heteroatoms. The molecule has 0 saturated carbocycles. The molecule has 0 aromatic carbocycles. The molecule has 2 heterocycles. The third-order valence-electron chi connectivity index (χ3n) is 4.66. The summed E-state index contributed by atoms with van der Waals surface area (Å²) in [6.45, 7) is 12.5. The minimum Gasteiger partial charge on any atom is -0.385 e. The number of piperidine rings is 1. The fraction of sp³-hybridized carbons (Fsp3) is 0.800. The van der Waals surface area contributed by atoms with Crippen LogP contribution >= 0.6 is 0 Å². The molecule has 1 fully saturated rings. The summed E-state index contributed by atoms with van der Waals surface area (Å²) in [5.74, 6) is 2.60. The van der Waals surface area contributed by atoms with E-state index in [1.54, 1.807) is 7.11 Å². The lowest BCUT2D eigenvalue weighted by atomic mass is 10.1. The lowest BCUT2D eigenvalue weighted by Crippen LogP contribution is -2.47. The summed E-state index contributed by atoms with van der Waals surface area (Å²) in [7, 11) is 1.73. The van der Waals surface area contributed by atoms with E-state index in [4.69, 9.17) is 14.5 Å². The number of nitrogens with one attached hydrogen (secondary N) is 1. The Labute approximate surface area is 164 Å². The summed E-state index contributed by atoms with van der Waals surface area (Å²) >= 11 is 0. The Hall–Kier alpha value is -1.60. The molecule has 1 N–H and O–H groups in total. The molecule has 0 bridgehead atoms. The molecule has 1 aliphatic rings. The summed E-state index contributed by atoms with van der Waals surface area (Å²) < 4.78 is 13.2. The Morgan fingerprint density at radius 1 is 1.33 bits per heavy atom. The lowest BCUT2D eigenvalue weighted by molar-refractivity contribution is 0.00990. The number of aromatic nitrogens is 2. The number of imidazole rings is 1. The van der Waals surface area contributed by atoms with Crippen LogP contribution in [0.1, 0.15) is 45.9 Å². The van der Waals surface area contributed by atoms with E-state index in [9.17, 15) is 0 Å². The van der Waals surface area contributed by atoms with E-state index >= 15 is 0 Å². The predicted molar refractivity (Wildman–Crippen MR) is 109 cm³/mol. The second-order valence-corrected chi connectivity index (χ2v) is 7.46. The van der Waals surface area contributed by atoms with Crippen LogP contribution in [0.4, 0.5) is 0 Å². The Kier molecular flexibility index (Phi) is 9.62. The Balaban J connectivity index is 1.86. The van der Waals surface area contributed by atoms with Crippen molar-refractivity contribution in [3.05, 3.63) is 18.2 Å². The van der Waals surface area contributed by atoms with Crippen LogP contribution < -0.4 is 5.32 Å². The van der Waals surface area contributed by atoms with Gasteiger partial charge in [-0.15, -0.1) is 0 Å². The molecule has 0 aliphatic carbocycles. The smallest absolute Gasteiger partial charge is 0.194 e. The van der Waals surface area contributed by atoms with Gasteiger partial charge in [0.2, 0.25) is 0 Å². The molecule has 0 atom stereocenters. The van der Waals surface area contributed by atoms with Crippen LogP contribution in [0.3, 0.4) is 0 Å². The molecular formula is C20H37N5O2. The number of guanidine groups is 1. The zero-order valence-electron chi connectivity index (χ0n) is 17.5. The molecule has 27 heavy (non-hydrogen) atoms. The Morgan fingerprint density at radius 3 is 2.78 bits per heavy atom. The molecule has 1 aromatic heterocycles. The molecule has 0 radical (unpaired) electrons. The molecule has 1 saturated heterocycles. The van der Waals surface area contributed by atoms with E-state index in [1.807, 2.05) is 12.4 Å². The molecular weight excluding hydrogens is 342 g/mol. The SMILES string of the molecule is CCNC(=NCc1nccn1CC(C)C)N1CCC(OCCCOC)CC1. The van der Waals surface area contributed by atoms with Crippen LogP contribution in [-0.2, 0) is 22.6 Å². The van der Waals surface area contributed by atoms with Crippen molar-refractivity contribution in [1.82, 2.24) is 19.8 Å². The van der Waals surface area contributed by atoms with E-state index in [2.05, 4.69) is 40.5 Å². The number of ether oxygens (including phenoxy) is 2. The van der Waals surface area contributed by atoms with Crippen LogP contribution in [-0.4, -0.2) is 66.5 Å². The second kappa shape index (κ2) is 12.0. The number of methoxy groups -OCH3 is 1. The topological polar surface area (TPSA) is 63.9 Å². The minimum absolute atomic E-state index is 0.353. The first-order valence-corrected chi connectivity index (χ1v) is 10.3.